The van der Waals surface area contributed by atoms with Gasteiger partial charge < -0.3 is 10.0 Å². The normalized spacial score (nSPS) is 20.5. The Bertz CT molecular complexity index is 324. The van der Waals surface area contributed by atoms with Crippen LogP contribution in [-0.4, -0.2) is 91.4 Å². The summed E-state index contributed by atoms with van der Waals surface area (Å²) in [5.74, 6) is -0.0197. The molecule has 8 heteroatoms. The van der Waals surface area contributed by atoms with Crippen molar-refractivity contribution in [3.63, 3.8) is 0 Å². The molecule has 1 fully saturated rings. The molecular formula is C12H22F3N3O2. The van der Waals surface area contributed by atoms with Crippen molar-refractivity contribution in [2.75, 3.05) is 53.4 Å². The highest BCUT2D eigenvalue weighted by molar-refractivity contribution is 5.77. The molecule has 0 aliphatic carbocycles. The molecule has 1 aliphatic rings. The first kappa shape index (κ1) is 17.2. The van der Waals surface area contributed by atoms with Gasteiger partial charge in [0.05, 0.1) is 6.54 Å². The topological polar surface area (TPSA) is 47.0 Å². The van der Waals surface area contributed by atoms with Gasteiger partial charge in [0.1, 0.15) is 0 Å². The second kappa shape index (κ2) is 7.24. The lowest BCUT2D eigenvalue weighted by Gasteiger charge is -2.25. The van der Waals surface area contributed by atoms with E-state index in [0.29, 0.717) is 32.6 Å². The Morgan fingerprint density at radius 3 is 2.30 bits per heavy atom. The van der Waals surface area contributed by atoms with Gasteiger partial charge in [0, 0.05) is 33.7 Å². The molecule has 0 bridgehead atoms. The highest BCUT2D eigenvalue weighted by Crippen LogP contribution is 2.21. The van der Waals surface area contributed by atoms with Gasteiger partial charge in [-0.25, -0.2) is 0 Å². The van der Waals surface area contributed by atoms with E-state index in [0.717, 1.165) is 0 Å². The fourth-order valence-electron chi connectivity index (χ4n) is 2.05. The van der Waals surface area contributed by atoms with E-state index in [-0.39, 0.29) is 12.5 Å². The molecule has 1 N–H and O–H groups in total. The third-order valence-corrected chi connectivity index (χ3v) is 3.35. The molecule has 1 amide bonds. The maximum absolute atomic E-state index is 12.3. The summed E-state index contributed by atoms with van der Waals surface area (Å²) < 4.78 is 36.9. The number of likely N-dealkylation sites (N-methyl/N-ethyl adjacent to an activating group) is 1. The predicted molar refractivity (Wildman–Crippen MR) is 68.3 cm³/mol. The van der Waals surface area contributed by atoms with Crippen LogP contribution in [0.1, 0.15) is 6.42 Å². The average Bonchev–Trinajstić information content (AvgIpc) is 2.53. The summed E-state index contributed by atoms with van der Waals surface area (Å²) in [5, 5.41) is 9.07. The van der Waals surface area contributed by atoms with Gasteiger partial charge in [0.15, 0.2) is 6.10 Å². The van der Waals surface area contributed by atoms with Gasteiger partial charge >= 0.3 is 6.18 Å². The minimum Gasteiger partial charge on any atom is -0.382 e. The maximum Gasteiger partial charge on any atom is 0.415 e. The molecule has 1 saturated heterocycles. The molecular weight excluding hydrogens is 275 g/mol. The van der Waals surface area contributed by atoms with Crippen LogP contribution in [0.15, 0.2) is 0 Å². The molecule has 5 nitrogen and oxygen atoms in total. The van der Waals surface area contributed by atoms with Crippen LogP contribution in [0.3, 0.4) is 0 Å². The van der Waals surface area contributed by atoms with Gasteiger partial charge in [-0.05, 0) is 19.5 Å². The average molecular weight is 297 g/mol. The first-order chi connectivity index (χ1) is 9.20. The number of aliphatic hydroxyl groups is 1. The third-order valence-electron chi connectivity index (χ3n) is 3.35. The van der Waals surface area contributed by atoms with Crippen LogP contribution in [-0.2, 0) is 4.79 Å². The molecule has 0 radical (unpaired) electrons. The van der Waals surface area contributed by atoms with E-state index in [2.05, 4.69) is 0 Å². The zero-order chi connectivity index (χ0) is 15.3. The number of β-amino-alcohol motifs (C(OH)–C–C–N with tert-alkyl or cyclic N) is 1. The minimum atomic E-state index is -4.58. The molecule has 20 heavy (non-hydrogen) atoms. The summed E-state index contributed by atoms with van der Waals surface area (Å²) in [6, 6.07) is 0. The summed E-state index contributed by atoms with van der Waals surface area (Å²) in [6.07, 6.45) is -6.20. The predicted octanol–water partition coefficient (Wildman–Crippen LogP) is 0.00550. The zero-order valence-electron chi connectivity index (χ0n) is 11.9. The van der Waals surface area contributed by atoms with Crippen molar-refractivity contribution < 1.29 is 23.1 Å². The van der Waals surface area contributed by atoms with Crippen molar-refractivity contribution in [2.45, 2.75) is 18.7 Å². The maximum atomic E-state index is 12.3. The molecule has 1 heterocycles. The van der Waals surface area contributed by atoms with Crippen LogP contribution in [0.2, 0.25) is 0 Å². The van der Waals surface area contributed by atoms with Crippen molar-refractivity contribution in [3.8, 4) is 0 Å². The number of alkyl halides is 3. The number of amides is 1. The largest absolute Gasteiger partial charge is 0.415 e. The SMILES string of the molecule is CN(C)C(=O)CN1CCCN(C[C@H](O)C(F)(F)F)CC1. The second-order valence-electron chi connectivity index (χ2n) is 5.28. The summed E-state index contributed by atoms with van der Waals surface area (Å²) >= 11 is 0. The van der Waals surface area contributed by atoms with Crippen molar-refractivity contribution in [1.82, 2.24) is 14.7 Å². The van der Waals surface area contributed by atoms with Gasteiger partial charge in [-0.15, -0.1) is 0 Å². The van der Waals surface area contributed by atoms with Gasteiger partial charge in [-0.3, -0.25) is 14.6 Å². The number of nitrogens with zero attached hydrogens (tertiary/aromatic N) is 3. The molecule has 1 atom stereocenters. The Hall–Kier alpha value is -0.860. The lowest BCUT2D eigenvalue weighted by Crippen LogP contribution is -2.43. The highest BCUT2D eigenvalue weighted by atomic mass is 19.4. The monoisotopic (exact) mass is 297 g/mol. The molecule has 0 saturated carbocycles. The molecule has 1 aliphatic heterocycles. The third kappa shape index (κ3) is 5.64. The number of halogens is 3. The molecule has 1 rings (SSSR count). The summed E-state index contributed by atoms with van der Waals surface area (Å²) in [5.41, 5.74) is 0. The summed E-state index contributed by atoms with van der Waals surface area (Å²) in [4.78, 5) is 16.6. The molecule has 0 aromatic carbocycles. The van der Waals surface area contributed by atoms with Crippen molar-refractivity contribution in [2.24, 2.45) is 0 Å². The number of rotatable bonds is 4. The molecule has 0 aromatic heterocycles. The van der Waals surface area contributed by atoms with Crippen LogP contribution in [0.5, 0.6) is 0 Å². The van der Waals surface area contributed by atoms with Crippen LogP contribution >= 0.6 is 0 Å². The van der Waals surface area contributed by atoms with E-state index in [4.69, 9.17) is 5.11 Å². The second-order valence-corrected chi connectivity index (χ2v) is 5.28. The number of carbonyl (C=O) groups excluding carboxylic acids is 1. The Morgan fingerprint density at radius 1 is 1.20 bits per heavy atom. The fraction of sp³-hybridized carbons (Fsp3) is 0.917. The first-order valence-electron chi connectivity index (χ1n) is 6.60. The van der Waals surface area contributed by atoms with Crippen LogP contribution in [0.4, 0.5) is 13.2 Å². The molecule has 118 valence electrons. The van der Waals surface area contributed by atoms with E-state index in [1.165, 1.54) is 4.90 Å². The zero-order valence-corrected chi connectivity index (χ0v) is 11.9. The quantitative estimate of drug-likeness (QED) is 0.794. The Morgan fingerprint density at radius 2 is 1.75 bits per heavy atom. The standard InChI is InChI=1S/C12H22F3N3O2/c1-16(2)11(20)9-18-5-3-4-17(6-7-18)8-10(19)12(13,14)15/h10,19H,3-9H2,1-2H3/t10-/m0/s1. The molecule has 0 aromatic rings. The summed E-state index contributed by atoms with van der Waals surface area (Å²) in [6.45, 7) is 2.01. The van der Waals surface area contributed by atoms with Gasteiger partial charge in [0.2, 0.25) is 5.91 Å². The Balaban J connectivity index is 2.41. The number of carbonyl (C=O) groups is 1. The van der Waals surface area contributed by atoms with E-state index >= 15 is 0 Å². The van der Waals surface area contributed by atoms with Gasteiger partial charge in [0.25, 0.3) is 0 Å². The molecule has 0 spiro atoms. The van der Waals surface area contributed by atoms with Gasteiger partial charge in [-0.1, -0.05) is 0 Å². The van der Waals surface area contributed by atoms with Gasteiger partial charge in [-0.2, -0.15) is 13.2 Å². The Kier molecular flexibility index (Phi) is 6.22. The first-order valence-corrected chi connectivity index (χ1v) is 6.60. The van der Waals surface area contributed by atoms with E-state index < -0.39 is 18.8 Å². The van der Waals surface area contributed by atoms with Crippen LogP contribution < -0.4 is 0 Å². The van der Waals surface area contributed by atoms with E-state index in [1.54, 1.807) is 19.0 Å². The number of hydrogen-bond donors (Lipinski definition) is 1. The van der Waals surface area contributed by atoms with Crippen LogP contribution in [0.25, 0.3) is 0 Å². The minimum absolute atomic E-state index is 0.0197. The van der Waals surface area contributed by atoms with Crippen LogP contribution in [0, 0.1) is 0 Å². The smallest absolute Gasteiger partial charge is 0.382 e. The van der Waals surface area contributed by atoms with Crippen molar-refractivity contribution >= 4 is 5.91 Å². The number of aliphatic hydroxyl groups excluding tert-OH is 1. The van der Waals surface area contributed by atoms with E-state index in [9.17, 15) is 18.0 Å². The highest BCUT2D eigenvalue weighted by Gasteiger charge is 2.39. The lowest BCUT2D eigenvalue weighted by atomic mass is 10.3. The van der Waals surface area contributed by atoms with E-state index in [1.807, 2.05) is 4.90 Å². The molecule has 0 unspecified atom stereocenters. The van der Waals surface area contributed by atoms with Crippen molar-refractivity contribution in [3.05, 3.63) is 0 Å². The fourth-order valence-corrected chi connectivity index (χ4v) is 2.05. The number of hydrogen-bond acceptors (Lipinski definition) is 4. The van der Waals surface area contributed by atoms with Crippen molar-refractivity contribution in [1.29, 1.82) is 0 Å². The lowest BCUT2D eigenvalue weighted by molar-refractivity contribution is -0.208. The Labute approximate surface area is 116 Å². The summed E-state index contributed by atoms with van der Waals surface area (Å²) in [7, 11) is 3.35.